The molecule has 0 saturated heterocycles. The minimum atomic E-state index is -0.270. The van der Waals surface area contributed by atoms with Crippen LogP contribution in [0.25, 0.3) is 0 Å². The lowest BCUT2D eigenvalue weighted by Crippen LogP contribution is -2.29. The van der Waals surface area contributed by atoms with E-state index < -0.39 is 0 Å². The van der Waals surface area contributed by atoms with Crippen molar-refractivity contribution in [1.29, 1.82) is 0 Å². The van der Waals surface area contributed by atoms with E-state index in [1.54, 1.807) is 36.4 Å². The van der Waals surface area contributed by atoms with Crippen molar-refractivity contribution in [2.45, 2.75) is 58.3 Å². The van der Waals surface area contributed by atoms with Gasteiger partial charge >= 0.3 is 0 Å². The van der Waals surface area contributed by atoms with Gasteiger partial charge < -0.3 is 4.74 Å². The van der Waals surface area contributed by atoms with E-state index in [-0.39, 0.29) is 11.8 Å². The van der Waals surface area contributed by atoms with Crippen molar-refractivity contribution in [1.82, 2.24) is 0 Å². The highest BCUT2D eigenvalue weighted by Crippen LogP contribution is 2.29. The molecule has 0 unspecified atom stereocenters. The summed E-state index contributed by atoms with van der Waals surface area (Å²) < 4.78 is 5.80. The average Bonchev–Trinajstić information content (AvgIpc) is 2.98. The number of carbonyl (C=O) groups excluding carboxylic acids is 2. The minimum Gasteiger partial charge on any atom is -0.494 e. The summed E-state index contributed by atoms with van der Waals surface area (Å²) >= 11 is 0. The fourth-order valence-corrected chi connectivity index (χ4v) is 3.54. The normalized spacial score (nSPS) is 13.1. The summed E-state index contributed by atoms with van der Waals surface area (Å²) in [5, 5.41) is 0. The molecule has 1 heterocycles. The summed E-state index contributed by atoms with van der Waals surface area (Å²) in [6.45, 7) is 2.94. The third-order valence-electron chi connectivity index (χ3n) is 5.16. The third kappa shape index (κ3) is 4.80. The van der Waals surface area contributed by atoms with Gasteiger partial charge in [-0.05, 0) is 42.8 Å². The van der Waals surface area contributed by atoms with E-state index in [0.29, 0.717) is 23.4 Å². The summed E-state index contributed by atoms with van der Waals surface area (Å²) in [5.41, 5.74) is 1.50. The maximum Gasteiger partial charge on any atom is 0.266 e. The Hall–Kier alpha value is -2.62. The van der Waals surface area contributed by atoms with Crippen LogP contribution in [0.1, 0.15) is 79.0 Å². The van der Waals surface area contributed by atoms with Crippen molar-refractivity contribution < 1.29 is 14.3 Å². The Morgan fingerprint density at radius 3 is 1.82 bits per heavy atom. The fraction of sp³-hybridized carbons (Fsp3) is 0.417. The molecule has 0 bridgehead atoms. The lowest BCUT2D eigenvalue weighted by Gasteiger charge is -2.14. The highest BCUT2D eigenvalue weighted by Gasteiger charge is 2.36. The van der Waals surface area contributed by atoms with E-state index >= 15 is 0 Å². The number of rotatable bonds is 11. The van der Waals surface area contributed by atoms with Crippen molar-refractivity contribution in [3.8, 4) is 5.75 Å². The first kappa shape index (κ1) is 20.1. The minimum absolute atomic E-state index is 0.270. The average molecular weight is 380 g/mol. The van der Waals surface area contributed by atoms with Crippen LogP contribution in [0, 0.1) is 0 Å². The highest BCUT2D eigenvalue weighted by molar-refractivity contribution is 6.34. The highest BCUT2D eigenvalue weighted by atomic mass is 16.5. The topological polar surface area (TPSA) is 46.6 Å². The van der Waals surface area contributed by atoms with Crippen LogP contribution in [0.2, 0.25) is 0 Å². The molecule has 4 nitrogen and oxygen atoms in total. The van der Waals surface area contributed by atoms with Gasteiger partial charge in [-0.1, -0.05) is 64.0 Å². The zero-order valence-electron chi connectivity index (χ0n) is 16.7. The number of amides is 2. The van der Waals surface area contributed by atoms with Crippen molar-refractivity contribution in [3.05, 3.63) is 59.7 Å². The van der Waals surface area contributed by atoms with E-state index in [2.05, 4.69) is 6.92 Å². The Labute approximate surface area is 167 Å². The molecule has 2 aromatic carbocycles. The van der Waals surface area contributed by atoms with Crippen molar-refractivity contribution in [2.24, 2.45) is 0 Å². The zero-order valence-corrected chi connectivity index (χ0v) is 16.7. The number of ether oxygens (including phenoxy) is 1. The first-order chi connectivity index (χ1) is 13.7. The number of hydrogen-bond donors (Lipinski definition) is 0. The second-order valence-electron chi connectivity index (χ2n) is 7.31. The van der Waals surface area contributed by atoms with Gasteiger partial charge in [0.25, 0.3) is 11.8 Å². The lowest BCUT2D eigenvalue weighted by molar-refractivity contribution is 0.0926. The maximum absolute atomic E-state index is 12.5. The molecule has 3 rings (SSSR count). The molecular formula is C24H29NO3. The molecule has 4 heteroatoms. The summed E-state index contributed by atoms with van der Waals surface area (Å²) in [6, 6.07) is 14.1. The fourth-order valence-electron chi connectivity index (χ4n) is 3.54. The molecule has 0 atom stereocenters. The van der Waals surface area contributed by atoms with Crippen LogP contribution in [-0.2, 0) is 0 Å². The van der Waals surface area contributed by atoms with Gasteiger partial charge in [-0.15, -0.1) is 0 Å². The van der Waals surface area contributed by atoms with Gasteiger partial charge in [-0.3, -0.25) is 9.59 Å². The SMILES string of the molecule is CCCCCCCCCCOc1ccc(N2C(=O)c3ccccc3C2=O)cc1. The first-order valence-corrected chi connectivity index (χ1v) is 10.4. The summed E-state index contributed by atoms with van der Waals surface area (Å²) in [5.74, 6) is 0.227. The van der Waals surface area contributed by atoms with Crippen molar-refractivity contribution in [3.63, 3.8) is 0 Å². The largest absolute Gasteiger partial charge is 0.494 e. The summed E-state index contributed by atoms with van der Waals surface area (Å²) in [6.07, 6.45) is 10.2. The third-order valence-corrected chi connectivity index (χ3v) is 5.16. The predicted octanol–water partition coefficient (Wildman–Crippen LogP) is 6.01. The van der Waals surface area contributed by atoms with E-state index in [1.807, 2.05) is 12.1 Å². The van der Waals surface area contributed by atoms with Gasteiger partial charge in [0.1, 0.15) is 5.75 Å². The second-order valence-corrected chi connectivity index (χ2v) is 7.31. The second kappa shape index (κ2) is 10.1. The number of hydrogen-bond acceptors (Lipinski definition) is 3. The molecule has 0 aliphatic carbocycles. The van der Waals surface area contributed by atoms with Gasteiger partial charge in [0, 0.05) is 0 Å². The molecule has 0 saturated carbocycles. The molecule has 0 radical (unpaired) electrons. The molecule has 0 N–H and O–H groups in total. The molecule has 1 aliphatic rings. The van der Waals surface area contributed by atoms with Gasteiger partial charge in [-0.2, -0.15) is 0 Å². The maximum atomic E-state index is 12.5. The first-order valence-electron chi connectivity index (χ1n) is 10.4. The molecule has 148 valence electrons. The van der Waals surface area contributed by atoms with Crippen LogP contribution in [-0.4, -0.2) is 18.4 Å². The number of imide groups is 1. The van der Waals surface area contributed by atoms with E-state index in [9.17, 15) is 9.59 Å². The molecule has 0 aromatic heterocycles. The summed E-state index contributed by atoms with van der Waals surface area (Å²) in [4.78, 5) is 26.3. The van der Waals surface area contributed by atoms with E-state index in [0.717, 1.165) is 12.2 Å². The molecule has 2 amide bonds. The van der Waals surface area contributed by atoms with Crippen LogP contribution in [0.4, 0.5) is 5.69 Å². The molecule has 1 aliphatic heterocycles. The zero-order chi connectivity index (χ0) is 19.8. The van der Waals surface area contributed by atoms with Crippen molar-refractivity contribution in [2.75, 3.05) is 11.5 Å². The predicted molar refractivity (Wildman–Crippen MR) is 112 cm³/mol. The lowest BCUT2D eigenvalue weighted by atomic mass is 10.1. The van der Waals surface area contributed by atoms with E-state index in [4.69, 9.17) is 4.74 Å². The number of anilines is 1. The molecule has 28 heavy (non-hydrogen) atoms. The molecule has 0 fully saturated rings. The molecule has 0 spiro atoms. The Morgan fingerprint density at radius 1 is 0.714 bits per heavy atom. The Balaban J connectivity index is 1.44. The number of benzene rings is 2. The monoisotopic (exact) mass is 379 g/mol. The van der Waals surface area contributed by atoms with Gasteiger partial charge in [0.2, 0.25) is 0 Å². The van der Waals surface area contributed by atoms with Crippen LogP contribution in [0.5, 0.6) is 5.75 Å². The molecule has 2 aromatic rings. The van der Waals surface area contributed by atoms with Gasteiger partial charge in [0.15, 0.2) is 0 Å². The standard InChI is InChI=1S/C24H29NO3/c1-2-3-4-5-6-7-8-11-18-28-20-16-14-19(15-17-20)25-23(26)21-12-9-10-13-22(21)24(25)27/h9-10,12-17H,2-8,11,18H2,1H3. The summed E-state index contributed by atoms with van der Waals surface area (Å²) in [7, 11) is 0. The van der Waals surface area contributed by atoms with Crippen LogP contribution in [0.3, 0.4) is 0 Å². The Morgan fingerprint density at radius 2 is 1.25 bits per heavy atom. The Kier molecular flexibility index (Phi) is 7.24. The van der Waals surface area contributed by atoms with Crippen LogP contribution >= 0.6 is 0 Å². The van der Waals surface area contributed by atoms with E-state index in [1.165, 1.54) is 49.8 Å². The van der Waals surface area contributed by atoms with Crippen molar-refractivity contribution >= 4 is 17.5 Å². The van der Waals surface area contributed by atoms with Gasteiger partial charge in [0.05, 0.1) is 23.4 Å². The smallest absolute Gasteiger partial charge is 0.266 e. The molecular weight excluding hydrogens is 350 g/mol. The number of nitrogens with zero attached hydrogens (tertiary/aromatic N) is 1. The number of carbonyl (C=O) groups is 2. The number of fused-ring (bicyclic) bond motifs is 1. The quantitative estimate of drug-likeness (QED) is 0.355. The van der Waals surface area contributed by atoms with Crippen LogP contribution in [0.15, 0.2) is 48.5 Å². The number of unbranched alkanes of at least 4 members (excludes halogenated alkanes) is 7. The Bertz CT molecular complexity index is 763. The van der Waals surface area contributed by atoms with Gasteiger partial charge in [-0.25, -0.2) is 4.90 Å². The van der Waals surface area contributed by atoms with Crippen LogP contribution < -0.4 is 9.64 Å².